The van der Waals surface area contributed by atoms with E-state index in [1.54, 1.807) is 0 Å². The third kappa shape index (κ3) is 3.23. The normalized spacial score (nSPS) is 17.2. The zero-order chi connectivity index (χ0) is 22.7. The van der Waals surface area contributed by atoms with Gasteiger partial charge in [0, 0.05) is 34.7 Å². The summed E-state index contributed by atoms with van der Waals surface area (Å²) >= 11 is 0. The van der Waals surface area contributed by atoms with Gasteiger partial charge < -0.3 is 5.73 Å². The Hall–Kier alpha value is -3.57. The standard InChI is InChI=1S/C29H27N5/c30-29(14-4-15-29)22-11-9-21(10-12-22)27-23(20-5-2-1-3-6-20)18-24-25(31-27)13-16-34-26(17-19-7-8-19)32-33-28(24)34/h1-3,5-6,9-13,16,18-19H,4,7-8,14-15,17,30H2. The number of nitrogens with two attached hydrogens (primary N) is 1. The van der Waals surface area contributed by atoms with Crippen molar-refractivity contribution < 1.29 is 0 Å². The van der Waals surface area contributed by atoms with E-state index in [1.165, 1.54) is 24.8 Å². The maximum atomic E-state index is 6.57. The van der Waals surface area contributed by atoms with Gasteiger partial charge in [0.1, 0.15) is 5.82 Å². The lowest BCUT2D eigenvalue weighted by molar-refractivity contribution is 0.253. The molecule has 2 aliphatic rings. The maximum absolute atomic E-state index is 6.57. The van der Waals surface area contributed by atoms with E-state index >= 15 is 0 Å². The molecular formula is C29H27N5. The molecule has 3 aromatic heterocycles. The average Bonchev–Trinajstić information content (AvgIpc) is 3.59. The van der Waals surface area contributed by atoms with E-state index in [4.69, 9.17) is 10.7 Å². The molecule has 0 saturated heterocycles. The molecule has 34 heavy (non-hydrogen) atoms. The first-order valence-corrected chi connectivity index (χ1v) is 12.3. The van der Waals surface area contributed by atoms with Gasteiger partial charge in [-0.3, -0.25) is 4.40 Å². The SMILES string of the molecule is NC1(c2ccc(-c3nc4ccn5c(CC6CC6)nnc5c4cc3-c3ccccc3)cc2)CCC1. The Bertz CT molecular complexity index is 1510. The van der Waals surface area contributed by atoms with Crippen LogP contribution in [-0.2, 0) is 12.0 Å². The molecule has 2 aliphatic carbocycles. The first kappa shape index (κ1) is 19.9. The van der Waals surface area contributed by atoms with Crippen LogP contribution in [0.3, 0.4) is 0 Å². The highest BCUT2D eigenvalue weighted by Crippen LogP contribution is 2.40. The predicted molar refractivity (Wildman–Crippen MR) is 135 cm³/mol. The summed E-state index contributed by atoms with van der Waals surface area (Å²) in [7, 11) is 0. The molecular weight excluding hydrogens is 418 g/mol. The van der Waals surface area contributed by atoms with Gasteiger partial charge in [0.15, 0.2) is 5.65 Å². The van der Waals surface area contributed by atoms with Gasteiger partial charge in [-0.25, -0.2) is 4.98 Å². The monoisotopic (exact) mass is 445 g/mol. The summed E-state index contributed by atoms with van der Waals surface area (Å²) in [5.41, 5.74) is 13.8. The number of pyridine rings is 2. The molecule has 3 heterocycles. The average molecular weight is 446 g/mol. The van der Waals surface area contributed by atoms with Crippen molar-refractivity contribution in [2.24, 2.45) is 11.7 Å². The van der Waals surface area contributed by atoms with Gasteiger partial charge in [-0.2, -0.15) is 0 Å². The number of hydrogen-bond acceptors (Lipinski definition) is 4. The van der Waals surface area contributed by atoms with E-state index in [1.807, 2.05) is 6.07 Å². The lowest BCUT2D eigenvalue weighted by Crippen LogP contribution is -2.43. The van der Waals surface area contributed by atoms with Gasteiger partial charge in [0.25, 0.3) is 0 Å². The van der Waals surface area contributed by atoms with Crippen molar-refractivity contribution >= 4 is 16.6 Å². The van der Waals surface area contributed by atoms with Crippen molar-refractivity contribution in [3.8, 4) is 22.4 Å². The molecule has 0 bridgehead atoms. The Morgan fingerprint density at radius 1 is 0.912 bits per heavy atom. The molecule has 0 aliphatic heterocycles. The molecule has 7 rings (SSSR count). The zero-order valence-electron chi connectivity index (χ0n) is 19.1. The van der Waals surface area contributed by atoms with Crippen LogP contribution in [0.2, 0.25) is 0 Å². The first-order valence-electron chi connectivity index (χ1n) is 12.3. The molecule has 5 heteroatoms. The van der Waals surface area contributed by atoms with Gasteiger partial charge >= 0.3 is 0 Å². The highest BCUT2D eigenvalue weighted by Gasteiger charge is 2.34. The quantitative estimate of drug-likeness (QED) is 0.366. The molecule has 0 unspecified atom stereocenters. The third-order valence-electron chi connectivity index (χ3n) is 7.67. The number of hydrogen-bond donors (Lipinski definition) is 1. The Labute approximate surface area is 198 Å². The van der Waals surface area contributed by atoms with E-state index in [2.05, 4.69) is 81.5 Å². The second kappa shape index (κ2) is 7.47. The summed E-state index contributed by atoms with van der Waals surface area (Å²) in [6.45, 7) is 0. The number of fused-ring (bicyclic) bond motifs is 3. The molecule has 5 aromatic rings. The molecule has 2 N–H and O–H groups in total. The fourth-order valence-corrected chi connectivity index (χ4v) is 5.23. The van der Waals surface area contributed by atoms with Gasteiger partial charge in [-0.1, -0.05) is 54.6 Å². The highest BCUT2D eigenvalue weighted by atomic mass is 15.2. The molecule has 2 saturated carbocycles. The molecule has 0 radical (unpaired) electrons. The van der Waals surface area contributed by atoms with E-state index in [0.717, 1.165) is 69.9 Å². The number of aromatic nitrogens is 4. The van der Waals surface area contributed by atoms with E-state index < -0.39 is 0 Å². The Kier molecular flexibility index (Phi) is 4.36. The largest absolute Gasteiger partial charge is 0.321 e. The van der Waals surface area contributed by atoms with Crippen LogP contribution in [-0.4, -0.2) is 19.6 Å². The summed E-state index contributed by atoms with van der Waals surface area (Å²) in [5.74, 6) is 1.81. The smallest absolute Gasteiger partial charge is 0.170 e. The lowest BCUT2D eigenvalue weighted by atomic mass is 9.72. The van der Waals surface area contributed by atoms with E-state index in [9.17, 15) is 0 Å². The van der Waals surface area contributed by atoms with Gasteiger partial charge in [-0.05, 0) is 61.3 Å². The molecule has 2 fully saturated rings. The highest BCUT2D eigenvalue weighted by molar-refractivity contribution is 5.98. The van der Waals surface area contributed by atoms with Gasteiger partial charge in [0.05, 0.1) is 11.2 Å². The molecule has 168 valence electrons. The number of nitrogens with zero attached hydrogens (tertiary/aromatic N) is 4. The van der Waals surface area contributed by atoms with Gasteiger partial charge in [0.2, 0.25) is 0 Å². The van der Waals surface area contributed by atoms with Crippen molar-refractivity contribution in [2.75, 3.05) is 0 Å². The Morgan fingerprint density at radius 2 is 1.71 bits per heavy atom. The van der Waals surface area contributed by atoms with Crippen LogP contribution in [0.25, 0.3) is 38.9 Å². The van der Waals surface area contributed by atoms with Crippen LogP contribution >= 0.6 is 0 Å². The summed E-state index contributed by atoms with van der Waals surface area (Å²) in [5, 5.41) is 10.1. The van der Waals surface area contributed by atoms with Crippen molar-refractivity contribution in [3.05, 3.63) is 84.3 Å². The Balaban J connectivity index is 1.40. The summed E-state index contributed by atoms with van der Waals surface area (Å²) in [4.78, 5) is 5.17. The van der Waals surface area contributed by atoms with Crippen molar-refractivity contribution in [3.63, 3.8) is 0 Å². The molecule has 2 aromatic carbocycles. The van der Waals surface area contributed by atoms with Crippen molar-refractivity contribution in [1.29, 1.82) is 0 Å². The predicted octanol–water partition coefficient (Wildman–Crippen LogP) is 5.90. The third-order valence-corrected chi connectivity index (χ3v) is 7.67. The van der Waals surface area contributed by atoms with Crippen LogP contribution in [0.4, 0.5) is 0 Å². The van der Waals surface area contributed by atoms with Crippen LogP contribution < -0.4 is 5.73 Å². The minimum absolute atomic E-state index is 0.158. The molecule has 5 nitrogen and oxygen atoms in total. The molecule has 0 atom stereocenters. The molecule has 0 spiro atoms. The van der Waals surface area contributed by atoms with E-state index in [0.29, 0.717) is 0 Å². The fourth-order valence-electron chi connectivity index (χ4n) is 5.23. The van der Waals surface area contributed by atoms with Crippen LogP contribution in [0.5, 0.6) is 0 Å². The summed E-state index contributed by atoms with van der Waals surface area (Å²) < 4.78 is 2.14. The summed E-state index contributed by atoms with van der Waals surface area (Å²) in [6.07, 6.45) is 9.01. The fraction of sp³-hybridized carbons (Fsp3) is 0.276. The summed E-state index contributed by atoms with van der Waals surface area (Å²) in [6, 6.07) is 23.5. The van der Waals surface area contributed by atoms with Gasteiger partial charge in [-0.15, -0.1) is 10.2 Å². The second-order valence-electron chi connectivity index (χ2n) is 10.0. The molecule has 0 amide bonds. The zero-order valence-corrected chi connectivity index (χ0v) is 19.1. The first-order chi connectivity index (χ1) is 16.7. The minimum atomic E-state index is -0.158. The van der Waals surface area contributed by atoms with E-state index in [-0.39, 0.29) is 5.54 Å². The van der Waals surface area contributed by atoms with Crippen LogP contribution in [0, 0.1) is 5.92 Å². The van der Waals surface area contributed by atoms with Crippen LogP contribution in [0.15, 0.2) is 72.9 Å². The topological polar surface area (TPSA) is 69.1 Å². The van der Waals surface area contributed by atoms with Crippen molar-refractivity contribution in [2.45, 2.75) is 44.1 Å². The number of benzene rings is 2. The van der Waals surface area contributed by atoms with Crippen LogP contribution in [0.1, 0.15) is 43.5 Å². The minimum Gasteiger partial charge on any atom is -0.321 e. The number of rotatable bonds is 5. The lowest BCUT2D eigenvalue weighted by Gasteiger charge is -2.38. The second-order valence-corrected chi connectivity index (χ2v) is 10.0. The van der Waals surface area contributed by atoms with Crippen molar-refractivity contribution in [1.82, 2.24) is 19.6 Å². The maximum Gasteiger partial charge on any atom is 0.170 e. The Morgan fingerprint density at radius 3 is 2.41 bits per heavy atom.